The highest BCUT2D eigenvalue weighted by Gasteiger charge is 2.19. The highest BCUT2D eigenvalue weighted by atomic mass is 16.2. The Hall–Kier alpha value is -3.28. The van der Waals surface area contributed by atoms with E-state index >= 15 is 0 Å². The van der Waals surface area contributed by atoms with Crippen LogP contribution in [0, 0.1) is 6.92 Å². The van der Waals surface area contributed by atoms with Gasteiger partial charge in [0.25, 0.3) is 5.91 Å². The van der Waals surface area contributed by atoms with Gasteiger partial charge in [0.1, 0.15) is 11.6 Å². The number of rotatable bonds is 5. The van der Waals surface area contributed by atoms with Crippen molar-refractivity contribution in [3.63, 3.8) is 0 Å². The Bertz CT molecular complexity index is 950. The van der Waals surface area contributed by atoms with E-state index in [-0.39, 0.29) is 5.91 Å². The van der Waals surface area contributed by atoms with Crippen molar-refractivity contribution in [2.24, 2.45) is 0 Å². The Morgan fingerprint density at radius 2 is 1.82 bits per heavy atom. The van der Waals surface area contributed by atoms with E-state index in [0.717, 1.165) is 54.3 Å². The number of carbonyl (C=O) groups excluding carboxylic acids is 1. The lowest BCUT2D eigenvalue weighted by atomic mass is 10.1. The van der Waals surface area contributed by atoms with Crippen LogP contribution in [-0.4, -0.2) is 38.8 Å². The van der Waals surface area contributed by atoms with Crippen LogP contribution < -0.4 is 5.32 Å². The second-order valence-electron chi connectivity index (χ2n) is 6.95. The molecule has 1 aromatic carbocycles. The van der Waals surface area contributed by atoms with Crippen LogP contribution in [0.25, 0.3) is 11.4 Å². The Morgan fingerprint density at radius 3 is 2.54 bits per heavy atom. The first-order valence-corrected chi connectivity index (χ1v) is 9.58. The van der Waals surface area contributed by atoms with Gasteiger partial charge in [-0.3, -0.25) is 9.78 Å². The lowest BCUT2D eigenvalue weighted by Gasteiger charge is -2.15. The molecule has 0 radical (unpaired) electrons. The third-order valence-electron chi connectivity index (χ3n) is 4.83. The molecule has 1 amide bonds. The minimum Gasteiger partial charge on any atom is -0.366 e. The molecule has 1 fully saturated rings. The molecule has 1 aliphatic rings. The maximum absolute atomic E-state index is 12.4. The molecule has 0 unspecified atom stereocenters. The molecule has 6 nitrogen and oxygen atoms in total. The zero-order chi connectivity index (χ0) is 19.3. The predicted molar refractivity (Wildman–Crippen MR) is 109 cm³/mol. The van der Waals surface area contributed by atoms with Gasteiger partial charge in [-0.1, -0.05) is 18.2 Å². The van der Waals surface area contributed by atoms with E-state index in [1.54, 1.807) is 6.20 Å². The maximum Gasteiger partial charge on any atom is 0.253 e. The van der Waals surface area contributed by atoms with Gasteiger partial charge in [0, 0.05) is 37.5 Å². The van der Waals surface area contributed by atoms with Gasteiger partial charge >= 0.3 is 0 Å². The topological polar surface area (TPSA) is 71.0 Å². The van der Waals surface area contributed by atoms with Crippen molar-refractivity contribution in [3.8, 4) is 11.4 Å². The largest absolute Gasteiger partial charge is 0.366 e. The van der Waals surface area contributed by atoms with Crippen LogP contribution in [0.15, 0.2) is 54.7 Å². The average molecular weight is 373 g/mol. The van der Waals surface area contributed by atoms with Crippen molar-refractivity contribution in [3.05, 3.63) is 71.7 Å². The molecular formula is C22H23N5O. The Kier molecular flexibility index (Phi) is 5.28. The van der Waals surface area contributed by atoms with Gasteiger partial charge in [0.05, 0.1) is 11.4 Å². The smallest absolute Gasteiger partial charge is 0.253 e. The van der Waals surface area contributed by atoms with Gasteiger partial charge in [-0.2, -0.15) is 0 Å². The number of aryl methyl sites for hydroxylation is 1. The van der Waals surface area contributed by atoms with Crippen LogP contribution in [0.5, 0.6) is 0 Å². The molecule has 1 aliphatic heterocycles. The molecule has 3 aromatic rings. The molecule has 142 valence electrons. The minimum absolute atomic E-state index is 0.128. The van der Waals surface area contributed by atoms with Crippen LogP contribution in [-0.2, 0) is 6.54 Å². The standard InChI is InChI=1S/C22H23N5O/c1-16-25-20(19-6-2-3-11-23-19)14-21(26-16)24-15-17-7-9-18(10-8-17)22(28)27-12-4-5-13-27/h2-3,6-11,14H,4-5,12-13,15H2,1H3,(H,24,25,26). The second kappa shape index (κ2) is 8.17. The number of nitrogens with one attached hydrogen (secondary N) is 1. The summed E-state index contributed by atoms with van der Waals surface area (Å²) in [6.45, 7) is 4.23. The molecule has 0 atom stereocenters. The van der Waals surface area contributed by atoms with Crippen LogP contribution in [0.4, 0.5) is 5.82 Å². The maximum atomic E-state index is 12.4. The molecular weight excluding hydrogens is 350 g/mol. The summed E-state index contributed by atoms with van der Waals surface area (Å²) in [4.78, 5) is 27.6. The van der Waals surface area contributed by atoms with Crippen molar-refractivity contribution < 1.29 is 4.79 Å². The number of aromatic nitrogens is 3. The molecule has 0 saturated carbocycles. The average Bonchev–Trinajstić information content (AvgIpc) is 3.27. The lowest BCUT2D eigenvalue weighted by Crippen LogP contribution is -2.27. The van der Waals surface area contributed by atoms with Crippen molar-refractivity contribution in [2.45, 2.75) is 26.3 Å². The summed E-state index contributed by atoms with van der Waals surface area (Å²) in [7, 11) is 0. The Labute approximate surface area is 164 Å². The molecule has 4 rings (SSSR count). The summed E-state index contributed by atoms with van der Waals surface area (Å²) >= 11 is 0. The van der Waals surface area contributed by atoms with E-state index in [4.69, 9.17) is 0 Å². The van der Waals surface area contributed by atoms with Crippen LogP contribution in [0.1, 0.15) is 34.6 Å². The van der Waals surface area contributed by atoms with Crippen LogP contribution >= 0.6 is 0 Å². The quantitative estimate of drug-likeness (QED) is 0.738. The van der Waals surface area contributed by atoms with E-state index in [1.807, 2.05) is 60.4 Å². The first kappa shape index (κ1) is 18.1. The first-order chi connectivity index (χ1) is 13.7. The fourth-order valence-electron chi connectivity index (χ4n) is 3.36. The SMILES string of the molecule is Cc1nc(NCc2ccc(C(=O)N3CCCC3)cc2)cc(-c2ccccn2)n1. The van der Waals surface area contributed by atoms with E-state index in [1.165, 1.54) is 0 Å². The van der Waals surface area contributed by atoms with Crippen molar-refractivity contribution in [1.82, 2.24) is 19.9 Å². The monoisotopic (exact) mass is 373 g/mol. The molecule has 0 bridgehead atoms. The Balaban J connectivity index is 1.43. The van der Waals surface area contributed by atoms with Crippen molar-refractivity contribution in [2.75, 3.05) is 18.4 Å². The van der Waals surface area contributed by atoms with Gasteiger partial charge in [-0.05, 0) is 49.6 Å². The number of pyridine rings is 1. The van der Waals surface area contributed by atoms with Crippen LogP contribution in [0.2, 0.25) is 0 Å². The first-order valence-electron chi connectivity index (χ1n) is 9.58. The fourth-order valence-corrected chi connectivity index (χ4v) is 3.36. The molecule has 1 N–H and O–H groups in total. The summed E-state index contributed by atoms with van der Waals surface area (Å²) in [5.74, 6) is 1.58. The van der Waals surface area contributed by atoms with Gasteiger partial charge < -0.3 is 10.2 Å². The summed E-state index contributed by atoms with van der Waals surface area (Å²) in [5.41, 5.74) is 3.46. The summed E-state index contributed by atoms with van der Waals surface area (Å²) in [6.07, 6.45) is 3.96. The number of nitrogens with zero attached hydrogens (tertiary/aromatic N) is 4. The normalized spacial score (nSPS) is 13.5. The van der Waals surface area contributed by atoms with Gasteiger partial charge in [-0.25, -0.2) is 9.97 Å². The number of anilines is 1. The minimum atomic E-state index is 0.128. The predicted octanol–water partition coefficient (Wildman–Crippen LogP) is 3.70. The number of amides is 1. The zero-order valence-electron chi connectivity index (χ0n) is 15.9. The number of hydrogen-bond donors (Lipinski definition) is 1. The van der Waals surface area contributed by atoms with E-state index in [2.05, 4.69) is 20.3 Å². The molecule has 0 spiro atoms. The molecule has 28 heavy (non-hydrogen) atoms. The number of benzene rings is 1. The molecule has 1 saturated heterocycles. The third-order valence-corrected chi connectivity index (χ3v) is 4.83. The fraction of sp³-hybridized carbons (Fsp3) is 0.273. The number of carbonyl (C=O) groups is 1. The second-order valence-corrected chi connectivity index (χ2v) is 6.95. The highest BCUT2D eigenvalue weighted by Crippen LogP contribution is 2.18. The zero-order valence-corrected chi connectivity index (χ0v) is 15.9. The van der Waals surface area contributed by atoms with Gasteiger partial charge in [0.2, 0.25) is 0 Å². The van der Waals surface area contributed by atoms with E-state index < -0.39 is 0 Å². The summed E-state index contributed by atoms with van der Waals surface area (Å²) in [6, 6.07) is 15.5. The Morgan fingerprint density at radius 1 is 1.04 bits per heavy atom. The van der Waals surface area contributed by atoms with Crippen molar-refractivity contribution >= 4 is 11.7 Å². The summed E-state index contributed by atoms with van der Waals surface area (Å²) in [5, 5.41) is 3.34. The summed E-state index contributed by atoms with van der Waals surface area (Å²) < 4.78 is 0. The number of hydrogen-bond acceptors (Lipinski definition) is 5. The lowest BCUT2D eigenvalue weighted by molar-refractivity contribution is 0.0793. The van der Waals surface area contributed by atoms with Gasteiger partial charge in [-0.15, -0.1) is 0 Å². The molecule has 2 aromatic heterocycles. The molecule has 0 aliphatic carbocycles. The molecule has 3 heterocycles. The third kappa shape index (κ3) is 4.17. The highest BCUT2D eigenvalue weighted by molar-refractivity contribution is 5.94. The molecule has 6 heteroatoms. The van der Waals surface area contributed by atoms with E-state index in [9.17, 15) is 4.79 Å². The van der Waals surface area contributed by atoms with Crippen molar-refractivity contribution in [1.29, 1.82) is 0 Å². The van der Waals surface area contributed by atoms with Crippen LogP contribution in [0.3, 0.4) is 0 Å². The number of likely N-dealkylation sites (tertiary alicyclic amines) is 1. The van der Waals surface area contributed by atoms with Gasteiger partial charge in [0.15, 0.2) is 0 Å². The van der Waals surface area contributed by atoms with E-state index in [0.29, 0.717) is 12.4 Å².